The van der Waals surface area contributed by atoms with Gasteiger partial charge >= 0.3 is 0 Å². The highest BCUT2D eigenvalue weighted by atomic mass is 32.2. The molecule has 26 heavy (non-hydrogen) atoms. The molecule has 0 spiro atoms. The number of carbonyl (C=O) groups excluding carboxylic acids is 2. The Labute approximate surface area is 159 Å². The molecule has 2 aromatic heterocycles. The molecule has 6 nitrogen and oxygen atoms in total. The summed E-state index contributed by atoms with van der Waals surface area (Å²) in [7, 11) is 0. The van der Waals surface area contributed by atoms with Crippen LogP contribution in [0, 0.1) is 0 Å². The number of benzene rings is 1. The monoisotopic (exact) mass is 386 g/mol. The number of nitrogens with zero attached hydrogens (tertiary/aromatic N) is 3. The number of thioether (sulfide) groups is 1. The lowest BCUT2D eigenvalue weighted by atomic mass is 10.1. The Kier molecular flexibility index (Phi) is 5.85. The summed E-state index contributed by atoms with van der Waals surface area (Å²) < 4.78 is 2.00. The number of ketones is 1. The number of carbonyl (C=O) groups is 2. The molecule has 0 radical (unpaired) electrons. The molecule has 0 aliphatic heterocycles. The lowest BCUT2D eigenvalue weighted by Gasteiger charge is -2.07. The number of aromatic nitrogens is 3. The fraction of sp³-hybridized carbons (Fsp3) is 0.222. The van der Waals surface area contributed by atoms with Crippen molar-refractivity contribution in [2.24, 2.45) is 0 Å². The summed E-state index contributed by atoms with van der Waals surface area (Å²) in [5, 5.41) is 16.0. The van der Waals surface area contributed by atoms with Gasteiger partial charge in [-0.1, -0.05) is 11.8 Å². The SMILES string of the molecule is CCn1c(SCC(=O)Nc2ccc(C(C)=O)cc2)nnc1-c1ccsc1. The van der Waals surface area contributed by atoms with Crippen LogP contribution < -0.4 is 5.32 Å². The van der Waals surface area contributed by atoms with Gasteiger partial charge in [-0.05, 0) is 49.6 Å². The van der Waals surface area contributed by atoms with E-state index in [0.717, 1.165) is 23.1 Å². The Morgan fingerprint density at radius 2 is 1.96 bits per heavy atom. The van der Waals surface area contributed by atoms with Gasteiger partial charge in [0.1, 0.15) is 0 Å². The number of amides is 1. The minimum Gasteiger partial charge on any atom is -0.325 e. The number of rotatable bonds is 7. The standard InChI is InChI=1S/C18H18N4O2S2/c1-3-22-17(14-8-9-25-10-14)20-21-18(22)26-11-16(24)19-15-6-4-13(5-7-15)12(2)23/h4-10H,3,11H2,1-2H3,(H,19,24). The Hall–Kier alpha value is -2.45. The fourth-order valence-corrected chi connectivity index (χ4v) is 3.84. The summed E-state index contributed by atoms with van der Waals surface area (Å²) in [6.07, 6.45) is 0. The maximum Gasteiger partial charge on any atom is 0.234 e. The molecule has 0 fully saturated rings. The Morgan fingerprint density at radius 1 is 1.19 bits per heavy atom. The number of Topliss-reactive ketones (excluding diaryl/α,β-unsaturated/α-hetero) is 1. The minimum absolute atomic E-state index is 0.00115. The molecular weight excluding hydrogens is 368 g/mol. The van der Waals surface area contributed by atoms with Crippen molar-refractivity contribution in [1.82, 2.24) is 14.8 Å². The van der Waals surface area contributed by atoms with Crippen LogP contribution in [0.2, 0.25) is 0 Å². The van der Waals surface area contributed by atoms with Crippen molar-refractivity contribution in [2.75, 3.05) is 11.1 Å². The lowest BCUT2D eigenvalue weighted by molar-refractivity contribution is -0.113. The van der Waals surface area contributed by atoms with Crippen LogP contribution in [0.4, 0.5) is 5.69 Å². The van der Waals surface area contributed by atoms with Crippen molar-refractivity contribution < 1.29 is 9.59 Å². The third-order valence-electron chi connectivity index (χ3n) is 3.72. The summed E-state index contributed by atoms with van der Waals surface area (Å²) in [6, 6.07) is 8.86. The van der Waals surface area contributed by atoms with Crippen LogP contribution in [0.3, 0.4) is 0 Å². The lowest BCUT2D eigenvalue weighted by Crippen LogP contribution is -2.14. The molecule has 0 aliphatic rings. The van der Waals surface area contributed by atoms with Crippen LogP contribution in [0.5, 0.6) is 0 Å². The van der Waals surface area contributed by atoms with Gasteiger partial charge in [0.2, 0.25) is 5.91 Å². The van der Waals surface area contributed by atoms with Gasteiger partial charge in [0.25, 0.3) is 0 Å². The summed E-state index contributed by atoms with van der Waals surface area (Å²) in [6.45, 7) is 4.27. The molecule has 1 N–H and O–H groups in total. The third kappa shape index (κ3) is 4.20. The van der Waals surface area contributed by atoms with Crippen LogP contribution in [-0.2, 0) is 11.3 Å². The quantitative estimate of drug-likeness (QED) is 0.491. The fourth-order valence-electron chi connectivity index (χ4n) is 2.40. The smallest absolute Gasteiger partial charge is 0.234 e. The number of nitrogens with one attached hydrogen (secondary N) is 1. The van der Waals surface area contributed by atoms with Gasteiger partial charge in [-0.2, -0.15) is 11.3 Å². The zero-order valence-corrected chi connectivity index (χ0v) is 16.1. The van der Waals surface area contributed by atoms with Crippen molar-refractivity contribution >= 4 is 40.5 Å². The second-order valence-electron chi connectivity index (χ2n) is 5.53. The average molecular weight is 387 g/mol. The van der Waals surface area contributed by atoms with Crippen LogP contribution in [0.25, 0.3) is 11.4 Å². The molecule has 8 heteroatoms. The van der Waals surface area contributed by atoms with E-state index in [2.05, 4.69) is 15.5 Å². The van der Waals surface area contributed by atoms with E-state index >= 15 is 0 Å². The van der Waals surface area contributed by atoms with Crippen molar-refractivity contribution in [2.45, 2.75) is 25.5 Å². The van der Waals surface area contributed by atoms with Gasteiger partial charge in [0, 0.05) is 28.7 Å². The Morgan fingerprint density at radius 3 is 2.58 bits per heavy atom. The van der Waals surface area contributed by atoms with Gasteiger partial charge < -0.3 is 9.88 Å². The molecule has 0 aliphatic carbocycles. The number of hydrogen-bond donors (Lipinski definition) is 1. The zero-order chi connectivity index (χ0) is 18.5. The van der Waals surface area contributed by atoms with E-state index in [-0.39, 0.29) is 17.4 Å². The van der Waals surface area contributed by atoms with E-state index in [1.807, 2.05) is 28.3 Å². The molecule has 2 heterocycles. The molecular formula is C18H18N4O2S2. The van der Waals surface area contributed by atoms with Gasteiger partial charge in [-0.25, -0.2) is 0 Å². The van der Waals surface area contributed by atoms with Crippen LogP contribution >= 0.6 is 23.1 Å². The van der Waals surface area contributed by atoms with Crippen LogP contribution in [0.1, 0.15) is 24.2 Å². The largest absolute Gasteiger partial charge is 0.325 e. The molecule has 0 bridgehead atoms. The van der Waals surface area contributed by atoms with Crippen molar-refractivity contribution in [3.63, 3.8) is 0 Å². The van der Waals surface area contributed by atoms with E-state index in [1.165, 1.54) is 18.7 Å². The molecule has 134 valence electrons. The summed E-state index contributed by atoms with van der Waals surface area (Å²) >= 11 is 2.96. The topological polar surface area (TPSA) is 76.9 Å². The highest BCUT2D eigenvalue weighted by Gasteiger charge is 2.15. The predicted octanol–water partition coefficient (Wildman–Crippen LogP) is 3.96. The second-order valence-corrected chi connectivity index (χ2v) is 7.26. The average Bonchev–Trinajstić information content (AvgIpc) is 3.29. The molecule has 0 atom stereocenters. The summed E-state index contributed by atoms with van der Waals surface area (Å²) in [5.74, 6) is 0.916. The first-order valence-electron chi connectivity index (χ1n) is 8.08. The minimum atomic E-state index is -0.131. The van der Waals surface area contributed by atoms with Crippen LogP contribution in [0.15, 0.2) is 46.2 Å². The molecule has 3 rings (SSSR count). The van der Waals surface area contributed by atoms with Gasteiger partial charge in [-0.3, -0.25) is 9.59 Å². The number of thiophene rings is 1. The summed E-state index contributed by atoms with van der Waals surface area (Å²) in [5.41, 5.74) is 2.32. The Bertz CT molecular complexity index is 902. The van der Waals surface area contributed by atoms with E-state index in [1.54, 1.807) is 35.6 Å². The number of anilines is 1. The first-order chi connectivity index (χ1) is 12.6. The number of hydrogen-bond acceptors (Lipinski definition) is 6. The van der Waals surface area contributed by atoms with E-state index in [0.29, 0.717) is 11.3 Å². The first-order valence-corrected chi connectivity index (χ1v) is 10.0. The molecule has 1 amide bonds. The van der Waals surface area contributed by atoms with Gasteiger partial charge in [-0.15, -0.1) is 10.2 Å². The molecule has 1 aromatic carbocycles. The van der Waals surface area contributed by atoms with Crippen molar-refractivity contribution in [3.8, 4) is 11.4 Å². The molecule has 0 saturated heterocycles. The Balaban J connectivity index is 1.62. The molecule has 3 aromatic rings. The third-order valence-corrected chi connectivity index (χ3v) is 5.37. The van der Waals surface area contributed by atoms with E-state index in [4.69, 9.17) is 0 Å². The van der Waals surface area contributed by atoms with Crippen LogP contribution in [-0.4, -0.2) is 32.2 Å². The predicted molar refractivity (Wildman–Crippen MR) is 105 cm³/mol. The van der Waals surface area contributed by atoms with E-state index in [9.17, 15) is 9.59 Å². The normalized spacial score (nSPS) is 10.7. The highest BCUT2D eigenvalue weighted by Crippen LogP contribution is 2.25. The van der Waals surface area contributed by atoms with Gasteiger partial charge in [0.05, 0.1) is 5.75 Å². The highest BCUT2D eigenvalue weighted by molar-refractivity contribution is 7.99. The van der Waals surface area contributed by atoms with E-state index < -0.39 is 0 Å². The maximum absolute atomic E-state index is 12.2. The van der Waals surface area contributed by atoms with Gasteiger partial charge in [0.15, 0.2) is 16.8 Å². The zero-order valence-electron chi connectivity index (χ0n) is 14.4. The van der Waals surface area contributed by atoms with Crippen molar-refractivity contribution in [1.29, 1.82) is 0 Å². The van der Waals surface area contributed by atoms with Crippen molar-refractivity contribution in [3.05, 3.63) is 46.7 Å². The second kappa shape index (κ2) is 8.29. The maximum atomic E-state index is 12.2. The molecule has 0 unspecified atom stereocenters. The summed E-state index contributed by atoms with van der Waals surface area (Å²) in [4.78, 5) is 23.5. The first kappa shape index (κ1) is 18.3. The molecule has 0 saturated carbocycles.